The smallest absolute Gasteiger partial charge is 0.127 e. The molecule has 24 heavy (non-hydrogen) atoms. The van der Waals surface area contributed by atoms with Gasteiger partial charge in [-0.25, -0.2) is 0 Å². The highest BCUT2D eigenvalue weighted by Gasteiger charge is 2.12. The summed E-state index contributed by atoms with van der Waals surface area (Å²) in [6.45, 7) is 2.19. The van der Waals surface area contributed by atoms with Crippen molar-refractivity contribution in [2.24, 2.45) is 0 Å². The van der Waals surface area contributed by atoms with Gasteiger partial charge in [-0.05, 0) is 66.1 Å². The highest BCUT2D eigenvalue weighted by Crippen LogP contribution is 2.30. The van der Waals surface area contributed by atoms with Gasteiger partial charge in [-0.2, -0.15) is 0 Å². The van der Waals surface area contributed by atoms with E-state index in [0.717, 1.165) is 29.3 Å². The van der Waals surface area contributed by atoms with Crippen LogP contribution in [-0.2, 0) is 0 Å². The first-order chi connectivity index (χ1) is 11.7. The van der Waals surface area contributed by atoms with Crippen molar-refractivity contribution in [2.75, 3.05) is 11.5 Å². The predicted octanol–water partition coefficient (Wildman–Crippen LogP) is 5.19. The molecule has 0 fully saturated rings. The maximum absolute atomic E-state index is 5.85. The quantitative estimate of drug-likeness (QED) is 0.637. The molecule has 0 spiro atoms. The van der Waals surface area contributed by atoms with Gasteiger partial charge in [0.05, 0.1) is 0 Å². The minimum Gasteiger partial charge on any atom is -0.457 e. The summed E-state index contributed by atoms with van der Waals surface area (Å²) in [7, 11) is 0. The van der Waals surface area contributed by atoms with Gasteiger partial charge in [-0.1, -0.05) is 31.2 Å². The second-order valence-corrected chi connectivity index (χ2v) is 5.87. The molecule has 0 saturated carbocycles. The van der Waals surface area contributed by atoms with E-state index in [1.807, 2.05) is 48.5 Å². The van der Waals surface area contributed by atoms with Crippen LogP contribution in [0.3, 0.4) is 0 Å². The normalized spacial score (nSPS) is 11.9. The molecule has 0 heterocycles. The van der Waals surface area contributed by atoms with Crippen LogP contribution in [0, 0.1) is 0 Å². The van der Waals surface area contributed by atoms with Crippen LogP contribution in [0.15, 0.2) is 72.8 Å². The maximum atomic E-state index is 5.85. The van der Waals surface area contributed by atoms with Gasteiger partial charge < -0.3 is 16.2 Å². The number of ether oxygens (including phenoxy) is 1. The SMILES string of the molecule is CCC(c1ccc(N)cc1)c1ccc(Oc2ccc(N)cc2)cc1. The first-order valence-corrected chi connectivity index (χ1v) is 8.14. The summed E-state index contributed by atoms with van der Waals surface area (Å²) in [6, 6.07) is 23.8. The lowest BCUT2D eigenvalue weighted by molar-refractivity contribution is 0.482. The maximum Gasteiger partial charge on any atom is 0.127 e. The Balaban J connectivity index is 1.77. The molecule has 3 nitrogen and oxygen atoms in total. The Hall–Kier alpha value is -2.94. The Morgan fingerprint density at radius 2 is 1.04 bits per heavy atom. The van der Waals surface area contributed by atoms with Crippen LogP contribution in [0.2, 0.25) is 0 Å². The van der Waals surface area contributed by atoms with E-state index in [1.54, 1.807) is 0 Å². The fourth-order valence-corrected chi connectivity index (χ4v) is 2.83. The van der Waals surface area contributed by atoms with Crippen LogP contribution in [0.5, 0.6) is 11.5 Å². The van der Waals surface area contributed by atoms with Crippen LogP contribution in [-0.4, -0.2) is 0 Å². The second kappa shape index (κ2) is 7.09. The van der Waals surface area contributed by atoms with Gasteiger partial charge in [0.1, 0.15) is 11.5 Å². The molecule has 0 radical (unpaired) electrons. The van der Waals surface area contributed by atoms with Crippen molar-refractivity contribution in [3.05, 3.63) is 83.9 Å². The van der Waals surface area contributed by atoms with E-state index in [2.05, 4.69) is 31.2 Å². The number of nitrogen functional groups attached to an aromatic ring is 2. The van der Waals surface area contributed by atoms with Gasteiger partial charge in [0, 0.05) is 17.3 Å². The molecule has 0 aliphatic heterocycles. The molecule has 0 aliphatic carbocycles. The Morgan fingerprint density at radius 3 is 1.50 bits per heavy atom. The predicted molar refractivity (Wildman–Crippen MR) is 100 cm³/mol. The van der Waals surface area contributed by atoms with Crippen LogP contribution in [0.4, 0.5) is 11.4 Å². The fourth-order valence-electron chi connectivity index (χ4n) is 2.83. The lowest BCUT2D eigenvalue weighted by atomic mass is 9.89. The van der Waals surface area contributed by atoms with Crippen molar-refractivity contribution in [3.8, 4) is 11.5 Å². The molecular weight excluding hydrogens is 296 g/mol. The van der Waals surface area contributed by atoms with Gasteiger partial charge >= 0.3 is 0 Å². The van der Waals surface area contributed by atoms with E-state index < -0.39 is 0 Å². The van der Waals surface area contributed by atoms with E-state index in [9.17, 15) is 0 Å². The summed E-state index contributed by atoms with van der Waals surface area (Å²) in [4.78, 5) is 0. The molecule has 0 saturated heterocycles. The monoisotopic (exact) mass is 318 g/mol. The fraction of sp³-hybridized carbons (Fsp3) is 0.143. The molecule has 122 valence electrons. The molecule has 0 aromatic heterocycles. The van der Waals surface area contributed by atoms with Crippen LogP contribution in [0.25, 0.3) is 0 Å². The van der Waals surface area contributed by atoms with Gasteiger partial charge in [0.15, 0.2) is 0 Å². The van der Waals surface area contributed by atoms with E-state index in [4.69, 9.17) is 16.2 Å². The first-order valence-electron chi connectivity index (χ1n) is 8.14. The molecule has 4 N–H and O–H groups in total. The molecule has 3 rings (SSSR count). The molecular formula is C21H22N2O. The van der Waals surface area contributed by atoms with Crippen molar-refractivity contribution in [3.63, 3.8) is 0 Å². The Morgan fingerprint density at radius 1 is 0.667 bits per heavy atom. The number of hydrogen-bond donors (Lipinski definition) is 2. The van der Waals surface area contributed by atoms with Gasteiger partial charge in [0.2, 0.25) is 0 Å². The molecule has 1 atom stereocenters. The topological polar surface area (TPSA) is 61.3 Å². The first kappa shape index (κ1) is 15.9. The van der Waals surface area contributed by atoms with E-state index >= 15 is 0 Å². The zero-order chi connectivity index (χ0) is 16.9. The van der Waals surface area contributed by atoms with E-state index in [-0.39, 0.29) is 0 Å². The molecule has 3 aromatic rings. The zero-order valence-corrected chi connectivity index (χ0v) is 13.8. The number of anilines is 2. The molecule has 0 aliphatic rings. The van der Waals surface area contributed by atoms with Gasteiger partial charge in [-0.15, -0.1) is 0 Å². The molecule has 3 aromatic carbocycles. The summed E-state index contributed by atoms with van der Waals surface area (Å²) >= 11 is 0. The average molecular weight is 318 g/mol. The average Bonchev–Trinajstić information content (AvgIpc) is 2.61. The summed E-state index contributed by atoms with van der Waals surface area (Å²) in [5, 5.41) is 0. The molecule has 1 unspecified atom stereocenters. The summed E-state index contributed by atoms with van der Waals surface area (Å²) in [5.74, 6) is 1.95. The van der Waals surface area contributed by atoms with Gasteiger partial charge in [-0.3, -0.25) is 0 Å². The number of nitrogens with two attached hydrogens (primary N) is 2. The molecule has 3 heteroatoms. The summed E-state index contributed by atoms with van der Waals surface area (Å²) < 4.78 is 5.85. The highest BCUT2D eigenvalue weighted by molar-refractivity contribution is 5.45. The van der Waals surface area contributed by atoms with E-state index in [0.29, 0.717) is 5.92 Å². The third kappa shape index (κ3) is 3.69. The standard InChI is InChI=1S/C21H22N2O/c1-2-21(15-3-7-17(22)8-4-15)16-5-11-19(12-6-16)24-20-13-9-18(23)10-14-20/h3-14,21H,2,22-23H2,1H3. The van der Waals surface area contributed by atoms with Gasteiger partial charge in [0.25, 0.3) is 0 Å². The Kier molecular flexibility index (Phi) is 4.71. The summed E-state index contributed by atoms with van der Waals surface area (Å²) in [6.07, 6.45) is 1.03. The minimum absolute atomic E-state index is 0.358. The number of benzene rings is 3. The van der Waals surface area contributed by atoms with Crippen molar-refractivity contribution < 1.29 is 4.74 Å². The number of hydrogen-bond acceptors (Lipinski definition) is 3. The lowest BCUT2D eigenvalue weighted by Gasteiger charge is -2.17. The third-order valence-electron chi connectivity index (χ3n) is 4.15. The second-order valence-electron chi connectivity index (χ2n) is 5.87. The lowest BCUT2D eigenvalue weighted by Crippen LogP contribution is -2.00. The third-order valence-corrected chi connectivity index (χ3v) is 4.15. The minimum atomic E-state index is 0.358. The van der Waals surface area contributed by atoms with Crippen LogP contribution >= 0.6 is 0 Å². The van der Waals surface area contributed by atoms with Crippen LogP contribution < -0.4 is 16.2 Å². The van der Waals surface area contributed by atoms with Crippen molar-refractivity contribution in [1.82, 2.24) is 0 Å². The zero-order valence-electron chi connectivity index (χ0n) is 13.8. The molecule has 0 bridgehead atoms. The van der Waals surface area contributed by atoms with Crippen molar-refractivity contribution in [2.45, 2.75) is 19.3 Å². The van der Waals surface area contributed by atoms with Crippen molar-refractivity contribution >= 4 is 11.4 Å². The Labute approximate surface area is 142 Å². The largest absolute Gasteiger partial charge is 0.457 e. The number of rotatable bonds is 5. The van der Waals surface area contributed by atoms with E-state index in [1.165, 1.54) is 11.1 Å². The summed E-state index contributed by atoms with van der Waals surface area (Å²) in [5.41, 5.74) is 15.5. The van der Waals surface area contributed by atoms with Crippen molar-refractivity contribution in [1.29, 1.82) is 0 Å². The molecule has 0 amide bonds. The highest BCUT2D eigenvalue weighted by atomic mass is 16.5. The van der Waals surface area contributed by atoms with Crippen LogP contribution in [0.1, 0.15) is 30.4 Å². The Bertz CT molecular complexity index is 778.